The van der Waals surface area contributed by atoms with Gasteiger partial charge in [-0.1, -0.05) is 41.0 Å². The molecule has 0 N–H and O–H groups in total. The van der Waals surface area contributed by atoms with Crippen LogP contribution in [-0.4, -0.2) is 11.0 Å². The van der Waals surface area contributed by atoms with Gasteiger partial charge in [-0.2, -0.15) is 11.8 Å². The highest BCUT2D eigenvalue weighted by molar-refractivity contribution is 8.00. The first-order valence-electron chi connectivity index (χ1n) is 4.97. The second-order valence-corrected chi connectivity index (χ2v) is 6.23. The fourth-order valence-electron chi connectivity index (χ4n) is 2.83. The summed E-state index contributed by atoms with van der Waals surface area (Å²) in [6.07, 6.45) is 3.59. The summed E-state index contributed by atoms with van der Waals surface area (Å²) in [5.41, 5.74) is 0.584. The number of rotatable bonds is 3. The molecule has 3 atom stereocenters. The Kier molecular flexibility index (Phi) is 2.55. The SMILES string of the molecule is CCC1C(C)C1(C)C(C)(C)SC. The van der Waals surface area contributed by atoms with Gasteiger partial charge in [-0.05, 0) is 23.5 Å². The lowest BCUT2D eigenvalue weighted by molar-refractivity contribution is 0.378. The van der Waals surface area contributed by atoms with Gasteiger partial charge in [0.2, 0.25) is 0 Å². The molecule has 1 heteroatoms. The Hall–Kier alpha value is 0.350. The second kappa shape index (κ2) is 2.94. The molecule has 1 saturated carbocycles. The zero-order valence-corrected chi connectivity index (χ0v) is 10.1. The standard InChI is InChI=1S/C11H22S/c1-7-9-8(2)11(9,5)10(3,4)12-6/h8-9H,7H2,1-6H3. The van der Waals surface area contributed by atoms with Gasteiger partial charge in [-0.25, -0.2) is 0 Å². The minimum atomic E-state index is 0.451. The molecule has 1 aliphatic carbocycles. The van der Waals surface area contributed by atoms with Crippen LogP contribution in [-0.2, 0) is 0 Å². The Morgan fingerprint density at radius 1 is 1.42 bits per heavy atom. The summed E-state index contributed by atoms with van der Waals surface area (Å²) in [6.45, 7) is 12.0. The van der Waals surface area contributed by atoms with Crippen LogP contribution in [0.25, 0.3) is 0 Å². The van der Waals surface area contributed by atoms with Crippen LogP contribution in [0.3, 0.4) is 0 Å². The van der Waals surface area contributed by atoms with E-state index in [1.807, 2.05) is 11.8 Å². The van der Waals surface area contributed by atoms with Gasteiger partial charge in [0.05, 0.1) is 0 Å². The minimum absolute atomic E-state index is 0.451. The van der Waals surface area contributed by atoms with Gasteiger partial charge in [0.25, 0.3) is 0 Å². The number of hydrogen-bond acceptors (Lipinski definition) is 1. The van der Waals surface area contributed by atoms with Crippen molar-refractivity contribution < 1.29 is 0 Å². The molecule has 3 unspecified atom stereocenters. The first kappa shape index (κ1) is 10.4. The highest BCUT2D eigenvalue weighted by Gasteiger charge is 2.64. The summed E-state index contributed by atoms with van der Waals surface area (Å²) in [5.74, 6) is 1.88. The maximum absolute atomic E-state index is 2.46. The summed E-state index contributed by atoms with van der Waals surface area (Å²) in [7, 11) is 0. The van der Waals surface area contributed by atoms with E-state index in [2.05, 4.69) is 40.9 Å². The largest absolute Gasteiger partial charge is 0.159 e. The van der Waals surface area contributed by atoms with Gasteiger partial charge < -0.3 is 0 Å². The van der Waals surface area contributed by atoms with Gasteiger partial charge >= 0.3 is 0 Å². The van der Waals surface area contributed by atoms with Crippen molar-refractivity contribution in [1.82, 2.24) is 0 Å². The molecule has 12 heavy (non-hydrogen) atoms. The van der Waals surface area contributed by atoms with E-state index in [0.717, 1.165) is 11.8 Å². The molecule has 0 nitrogen and oxygen atoms in total. The van der Waals surface area contributed by atoms with E-state index in [4.69, 9.17) is 0 Å². The predicted molar refractivity (Wildman–Crippen MR) is 58.6 cm³/mol. The van der Waals surface area contributed by atoms with E-state index in [9.17, 15) is 0 Å². The third-order valence-corrected chi connectivity index (χ3v) is 5.92. The molecular formula is C11H22S. The van der Waals surface area contributed by atoms with Crippen LogP contribution in [0.4, 0.5) is 0 Å². The highest BCUT2D eigenvalue weighted by Crippen LogP contribution is 2.68. The first-order chi connectivity index (χ1) is 5.41. The Morgan fingerprint density at radius 2 is 1.92 bits per heavy atom. The highest BCUT2D eigenvalue weighted by atomic mass is 32.2. The maximum Gasteiger partial charge on any atom is 0.0159 e. The van der Waals surface area contributed by atoms with Crippen molar-refractivity contribution in [2.45, 2.75) is 45.8 Å². The van der Waals surface area contributed by atoms with Crippen LogP contribution in [0.2, 0.25) is 0 Å². The Morgan fingerprint density at radius 3 is 2.17 bits per heavy atom. The summed E-state index contributed by atoms with van der Waals surface area (Å²) in [4.78, 5) is 0. The summed E-state index contributed by atoms with van der Waals surface area (Å²) < 4.78 is 0.451. The van der Waals surface area contributed by atoms with Crippen molar-refractivity contribution >= 4 is 11.8 Å². The fourth-order valence-corrected chi connectivity index (χ4v) is 3.60. The third-order valence-electron chi connectivity index (χ3n) is 4.46. The summed E-state index contributed by atoms with van der Waals surface area (Å²) in [5, 5.41) is 0. The van der Waals surface area contributed by atoms with Crippen LogP contribution >= 0.6 is 11.8 Å². The molecule has 0 aromatic rings. The zero-order chi connectivity index (χ0) is 9.57. The van der Waals surface area contributed by atoms with Crippen molar-refractivity contribution in [1.29, 1.82) is 0 Å². The fraction of sp³-hybridized carbons (Fsp3) is 1.00. The average Bonchev–Trinajstić information content (AvgIpc) is 2.56. The molecule has 0 bridgehead atoms. The molecule has 1 aliphatic rings. The molecule has 0 saturated heterocycles. The predicted octanol–water partition coefficient (Wildman–Crippen LogP) is 3.81. The molecule has 0 heterocycles. The molecule has 0 aromatic heterocycles. The van der Waals surface area contributed by atoms with E-state index in [0.29, 0.717) is 10.2 Å². The van der Waals surface area contributed by atoms with Gasteiger partial charge in [0.15, 0.2) is 0 Å². The normalized spacial score (nSPS) is 41.5. The lowest BCUT2D eigenvalue weighted by Gasteiger charge is -2.32. The molecule has 72 valence electrons. The maximum atomic E-state index is 2.46. The quantitative estimate of drug-likeness (QED) is 0.646. The van der Waals surface area contributed by atoms with Crippen molar-refractivity contribution in [3.8, 4) is 0 Å². The van der Waals surface area contributed by atoms with Crippen LogP contribution in [0.5, 0.6) is 0 Å². The topological polar surface area (TPSA) is 0 Å². The monoisotopic (exact) mass is 186 g/mol. The zero-order valence-electron chi connectivity index (χ0n) is 9.27. The third kappa shape index (κ3) is 1.13. The molecule has 0 aromatic carbocycles. The van der Waals surface area contributed by atoms with Gasteiger partial charge in [-0.3, -0.25) is 0 Å². The van der Waals surface area contributed by atoms with Crippen LogP contribution < -0.4 is 0 Å². The van der Waals surface area contributed by atoms with Crippen LogP contribution in [0.15, 0.2) is 0 Å². The second-order valence-electron chi connectivity index (χ2n) is 4.80. The van der Waals surface area contributed by atoms with Gasteiger partial charge in [0.1, 0.15) is 0 Å². The molecule has 0 aliphatic heterocycles. The summed E-state index contributed by atoms with van der Waals surface area (Å²) >= 11 is 2.02. The molecule has 0 radical (unpaired) electrons. The van der Waals surface area contributed by atoms with E-state index in [1.165, 1.54) is 6.42 Å². The van der Waals surface area contributed by atoms with Crippen molar-refractivity contribution in [3.63, 3.8) is 0 Å². The average molecular weight is 186 g/mol. The first-order valence-corrected chi connectivity index (χ1v) is 6.19. The Bertz CT molecular complexity index is 174. The van der Waals surface area contributed by atoms with Crippen LogP contribution in [0.1, 0.15) is 41.0 Å². The molecule has 1 fully saturated rings. The van der Waals surface area contributed by atoms with Gasteiger partial charge in [0, 0.05) is 4.75 Å². The molecule has 1 rings (SSSR count). The van der Waals surface area contributed by atoms with E-state index < -0.39 is 0 Å². The van der Waals surface area contributed by atoms with E-state index >= 15 is 0 Å². The van der Waals surface area contributed by atoms with Crippen molar-refractivity contribution in [2.75, 3.05) is 6.26 Å². The lowest BCUT2D eigenvalue weighted by Crippen LogP contribution is -2.29. The van der Waals surface area contributed by atoms with E-state index in [-0.39, 0.29) is 0 Å². The Labute approximate surface area is 81.5 Å². The van der Waals surface area contributed by atoms with Crippen molar-refractivity contribution in [3.05, 3.63) is 0 Å². The molecule has 0 spiro atoms. The lowest BCUT2D eigenvalue weighted by atomic mass is 9.89. The smallest absolute Gasteiger partial charge is 0.0159 e. The summed E-state index contributed by atoms with van der Waals surface area (Å²) in [6, 6.07) is 0. The van der Waals surface area contributed by atoms with Gasteiger partial charge in [-0.15, -0.1) is 0 Å². The van der Waals surface area contributed by atoms with Crippen LogP contribution in [0, 0.1) is 17.3 Å². The number of thioether (sulfide) groups is 1. The molecular weight excluding hydrogens is 164 g/mol. The minimum Gasteiger partial charge on any atom is -0.159 e. The van der Waals surface area contributed by atoms with E-state index in [1.54, 1.807) is 0 Å². The Balaban J connectivity index is 2.76. The number of hydrogen-bond donors (Lipinski definition) is 0. The molecule has 0 amide bonds. The van der Waals surface area contributed by atoms with Crippen molar-refractivity contribution in [2.24, 2.45) is 17.3 Å².